The van der Waals surface area contributed by atoms with E-state index in [2.05, 4.69) is 27.9 Å². The Bertz CT molecular complexity index is 413. The average molecular weight is 349 g/mol. The fourth-order valence-corrected chi connectivity index (χ4v) is 1.71. The van der Waals surface area contributed by atoms with E-state index in [0.29, 0.717) is 5.69 Å². The normalized spacial score (nSPS) is 10.9. The molecule has 1 aromatic rings. The molecule has 0 heterocycles. The van der Waals surface area contributed by atoms with Crippen LogP contribution >= 0.6 is 22.6 Å². The van der Waals surface area contributed by atoms with Gasteiger partial charge in [-0.05, 0) is 55.5 Å². The lowest BCUT2D eigenvalue weighted by molar-refractivity contribution is 0.0636. The van der Waals surface area contributed by atoms with Gasteiger partial charge in [-0.15, -0.1) is 0 Å². The van der Waals surface area contributed by atoms with Gasteiger partial charge in [0.1, 0.15) is 11.4 Å². The predicted molar refractivity (Wildman–Crippen MR) is 75.6 cm³/mol. The van der Waals surface area contributed by atoms with E-state index >= 15 is 0 Å². The van der Waals surface area contributed by atoms with Gasteiger partial charge < -0.3 is 9.47 Å². The van der Waals surface area contributed by atoms with E-state index in [-0.39, 0.29) is 0 Å². The van der Waals surface area contributed by atoms with Gasteiger partial charge in [-0.25, -0.2) is 4.79 Å². The molecule has 1 amide bonds. The molecule has 0 spiro atoms. The number of hydrogen-bond acceptors (Lipinski definition) is 3. The lowest BCUT2D eigenvalue weighted by Gasteiger charge is -2.19. The van der Waals surface area contributed by atoms with Crippen molar-refractivity contribution in [2.24, 2.45) is 0 Å². The van der Waals surface area contributed by atoms with Crippen LogP contribution in [-0.4, -0.2) is 18.8 Å². The molecule has 0 aliphatic carbocycles. The van der Waals surface area contributed by atoms with Crippen molar-refractivity contribution in [2.45, 2.75) is 26.4 Å². The summed E-state index contributed by atoms with van der Waals surface area (Å²) in [5.41, 5.74) is 0.147. The first-order chi connectivity index (χ1) is 7.81. The summed E-state index contributed by atoms with van der Waals surface area (Å²) >= 11 is 2.16. The molecule has 0 atom stereocenters. The van der Waals surface area contributed by atoms with Crippen molar-refractivity contribution in [3.63, 3.8) is 0 Å². The predicted octanol–water partition coefficient (Wildman–Crippen LogP) is 3.65. The van der Waals surface area contributed by atoms with Gasteiger partial charge in [0, 0.05) is 11.8 Å². The van der Waals surface area contributed by atoms with Crippen molar-refractivity contribution in [2.75, 3.05) is 12.4 Å². The zero-order valence-corrected chi connectivity index (χ0v) is 12.5. The first-order valence-electron chi connectivity index (χ1n) is 5.15. The summed E-state index contributed by atoms with van der Waals surface area (Å²) in [5, 5.41) is 2.66. The van der Waals surface area contributed by atoms with Crippen LogP contribution in [0.1, 0.15) is 20.8 Å². The molecule has 17 heavy (non-hydrogen) atoms. The third-order valence-electron chi connectivity index (χ3n) is 1.80. The Labute approximate surface area is 115 Å². The molecule has 94 valence electrons. The molecule has 0 radical (unpaired) electrons. The zero-order chi connectivity index (χ0) is 13.1. The van der Waals surface area contributed by atoms with E-state index in [4.69, 9.17) is 9.47 Å². The number of nitrogens with one attached hydrogen (secondary N) is 1. The fourth-order valence-electron chi connectivity index (χ4n) is 1.16. The van der Waals surface area contributed by atoms with Crippen LogP contribution in [0.4, 0.5) is 10.5 Å². The number of halogens is 1. The Kier molecular flexibility index (Phi) is 4.62. The molecular formula is C12H16INO3. The number of amides is 1. The van der Waals surface area contributed by atoms with Gasteiger partial charge in [0.15, 0.2) is 0 Å². The van der Waals surface area contributed by atoms with Crippen LogP contribution < -0.4 is 10.1 Å². The second-order valence-electron chi connectivity index (χ2n) is 4.48. The minimum absolute atomic E-state index is 0.472. The molecule has 0 saturated carbocycles. The topological polar surface area (TPSA) is 47.6 Å². The van der Waals surface area contributed by atoms with Crippen LogP contribution in [0.3, 0.4) is 0 Å². The quantitative estimate of drug-likeness (QED) is 0.830. The van der Waals surface area contributed by atoms with E-state index in [1.165, 1.54) is 0 Å². The highest BCUT2D eigenvalue weighted by Gasteiger charge is 2.16. The second-order valence-corrected chi connectivity index (χ2v) is 5.64. The van der Waals surface area contributed by atoms with Crippen LogP contribution in [0.15, 0.2) is 18.2 Å². The van der Waals surface area contributed by atoms with Crippen LogP contribution in [0, 0.1) is 3.57 Å². The van der Waals surface area contributed by atoms with Gasteiger partial charge in [0.05, 0.1) is 10.7 Å². The van der Waals surface area contributed by atoms with E-state index in [0.717, 1.165) is 9.32 Å². The van der Waals surface area contributed by atoms with Gasteiger partial charge in [-0.3, -0.25) is 5.32 Å². The number of ether oxygens (including phenoxy) is 2. The van der Waals surface area contributed by atoms with Gasteiger partial charge >= 0.3 is 6.09 Å². The van der Waals surface area contributed by atoms with Crippen LogP contribution in [-0.2, 0) is 4.74 Å². The Morgan fingerprint density at radius 3 is 2.53 bits per heavy atom. The summed E-state index contributed by atoms with van der Waals surface area (Å²) in [6.45, 7) is 5.46. The van der Waals surface area contributed by atoms with Crippen LogP contribution in [0.25, 0.3) is 0 Å². The standard InChI is InChI=1S/C12H16INO3/c1-12(2,3)17-11(15)14-8-5-6-9(13)10(7-8)16-4/h5-7H,1-4H3,(H,14,15). The Morgan fingerprint density at radius 2 is 2.00 bits per heavy atom. The molecule has 0 fully saturated rings. The molecule has 4 nitrogen and oxygen atoms in total. The molecule has 1 rings (SSSR count). The SMILES string of the molecule is COc1cc(NC(=O)OC(C)(C)C)ccc1I. The van der Waals surface area contributed by atoms with E-state index in [1.807, 2.05) is 26.8 Å². The van der Waals surface area contributed by atoms with Crippen molar-refractivity contribution >= 4 is 34.4 Å². The van der Waals surface area contributed by atoms with E-state index in [1.54, 1.807) is 19.2 Å². The third-order valence-corrected chi connectivity index (χ3v) is 2.69. The highest BCUT2D eigenvalue weighted by Crippen LogP contribution is 2.24. The van der Waals surface area contributed by atoms with E-state index in [9.17, 15) is 4.79 Å². The number of methoxy groups -OCH3 is 1. The van der Waals surface area contributed by atoms with Crippen LogP contribution in [0.5, 0.6) is 5.75 Å². The number of carbonyl (C=O) groups excluding carboxylic acids is 1. The number of rotatable bonds is 2. The highest BCUT2D eigenvalue weighted by molar-refractivity contribution is 14.1. The molecule has 0 unspecified atom stereocenters. The summed E-state index contributed by atoms with van der Waals surface area (Å²) in [5.74, 6) is 0.721. The minimum atomic E-state index is -0.503. The van der Waals surface area contributed by atoms with Crippen LogP contribution in [0.2, 0.25) is 0 Å². The maximum atomic E-state index is 11.5. The molecule has 0 bridgehead atoms. The summed E-state index contributed by atoms with van der Waals surface area (Å²) < 4.78 is 11.3. The monoisotopic (exact) mass is 349 g/mol. The zero-order valence-electron chi connectivity index (χ0n) is 10.3. The van der Waals surface area contributed by atoms with Gasteiger partial charge in [-0.1, -0.05) is 0 Å². The van der Waals surface area contributed by atoms with Gasteiger partial charge in [0.25, 0.3) is 0 Å². The highest BCUT2D eigenvalue weighted by atomic mass is 127. The average Bonchev–Trinajstić information content (AvgIpc) is 2.18. The number of hydrogen-bond donors (Lipinski definition) is 1. The Balaban J connectivity index is 2.72. The summed E-state index contributed by atoms with van der Waals surface area (Å²) in [6.07, 6.45) is -0.472. The molecule has 0 aliphatic heterocycles. The molecule has 1 N–H and O–H groups in total. The summed E-state index contributed by atoms with van der Waals surface area (Å²) in [4.78, 5) is 11.5. The van der Waals surface area contributed by atoms with Crippen molar-refractivity contribution in [1.29, 1.82) is 0 Å². The van der Waals surface area contributed by atoms with Crippen molar-refractivity contribution in [3.8, 4) is 5.75 Å². The number of anilines is 1. The Morgan fingerprint density at radius 1 is 1.35 bits per heavy atom. The summed E-state index contributed by atoms with van der Waals surface area (Å²) in [7, 11) is 1.59. The van der Waals surface area contributed by atoms with Crippen molar-refractivity contribution in [1.82, 2.24) is 0 Å². The molecule has 5 heteroatoms. The molecule has 1 aromatic carbocycles. The molecule has 0 aromatic heterocycles. The number of benzene rings is 1. The van der Waals surface area contributed by atoms with Crippen molar-refractivity contribution < 1.29 is 14.3 Å². The number of carbonyl (C=O) groups is 1. The van der Waals surface area contributed by atoms with Gasteiger partial charge in [0.2, 0.25) is 0 Å². The van der Waals surface area contributed by atoms with Gasteiger partial charge in [-0.2, -0.15) is 0 Å². The lowest BCUT2D eigenvalue weighted by Crippen LogP contribution is -2.27. The largest absolute Gasteiger partial charge is 0.496 e. The first kappa shape index (κ1) is 14.1. The lowest BCUT2D eigenvalue weighted by atomic mass is 10.2. The minimum Gasteiger partial charge on any atom is -0.496 e. The first-order valence-corrected chi connectivity index (χ1v) is 6.23. The fraction of sp³-hybridized carbons (Fsp3) is 0.417. The van der Waals surface area contributed by atoms with E-state index < -0.39 is 11.7 Å². The van der Waals surface area contributed by atoms with Crippen molar-refractivity contribution in [3.05, 3.63) is 21.8 Å². The third kappa shape index (κ3) is 4.80. The molecule has 0 aliphatic rings. The molecule has 0 saturated heterocycles. The smallest absolute Gasteiger partial charge is 0.412 e. The molecular weight excluding hydrogens is 333 g/mol. The maximum absolute atomic E-state index is 11.5. The maximum Gasteiger partial charge on any atom is 0.412 e. The second kappa shape index (κ2) is 5.57. The summed E-state index contributed by atoms with van der Waals surface area (Å²) in [6, 6.07) is 5.42. The Hall–Kier alpha value is -0.980.